The van der Waals surface area contributed by atoms with Gasteiger partial charge in [0.2, 0.25) is 0 Å². The Kier molecular flexibility index (Phi) is 8.70. The van der Waals surface area contributed by atoms with E-state index in [1.807, 2.05) is 91.0 Å². The molecule has 0 amide bonds. The van der Waals surface area contributed by atoms with Gasteiger partial charge < -0.3 is 9.47 Å². The van der Waals surface area contributed by atoms with Gasteiger partial charge in [-0.05, 0) is 16.7 Å². The largest absolute Gasteiger partial charge is 0.460 e. The Morgan fingerprint density at radius 3 is 1.65 bits per heavy atom. The Hall–Kier alpha value is -3.09. The fraction of sp³-hybridized carbons (Fsp3) is 0.240. The van der Waals surface area contributed by atoms with Gasteiger partial charge in [-0.3, -0.25) is 9.69 Å². The van der Waals surface area contributed by atoms with Crippen LogP contribution in [-0.4, -0.2) is 30.1 Å². The van der Waals surface area contributed by atoms with Crippen molar-refractivity contribution in [2.75, 3.05) is 6.61 Å². The lowest BCUT2D eigenvalue weighted by Crippen LogP contribution is -2.45. The van der Waals surface area contributed by atoms with E-state index in [9.17, 15) is 13.6 Å². The maximum atomic E-state index is 13.0. The second-order valence-electron chi connectivity index (χ2n) is 7.08. The quantitative estimate of drug-likeness (QED) is 0.404. The summed E-state index contributed by atoms with van der Waals surface area (Å²) in [4.78, 5) is 14.8. The van der Waals surface area contributed by atoms with E-state index >= 15 is 0 Å². The van der Waals surface area contributed by atoms with E-state index < -0.39 is 25.2 Å². The molecule has 0 bridgehead atoms. The number of benzene rings is 3. The number of hydrogen-bond acceptors (Lipinski definition) is 4. The topological polar surface area (TPSA) is 38.8 Å². The Morgan fingerprint density at radius 2 is 1.19 bits per heavy atom. The van der Waals surface area contributed by atoms with Crippen molar-refractivity contribution >= 4 is 5.97 Å². The molecule has 31 heavy (non-hydrogen) atoms. The van der Waals surface area contributed by atoms with E-state index in [-0.39, 0.29) is 6.61 Å². The zero-order valence-electron chi connectivity index (χ0n) is 17.1. The number of carbonyl (C=O) groups is 1. The molecular weight excluding hydrogens is 400 g/mol. The summed E-state index contributed by atoms with van der Waals surface area (Å²) in [7, 11) is 0. The van der Waals surface area contributed by atoms with Crippen LogP contribution in [0.1, 0.15) is 16.7 Å². The molecule has 0 spiro atoms. The van der Waals surface area contributed by atoms with Gasteiger partial charge in [-0.15, -0.1) is 0 Å². The summed E-state index contributed by atoms with van der Waals surface area (Å²) in [5.41, 5.74) is 2.73. The first kappa shape index (κ1) is 22.6. The molecule has 0 aliphatic heterocycles. The molecule has 3 aromatic carbocycles. The molecule has 0 aliphatic carbocycles. The molecule has 1 unspecified atom stereocenters. The van der Waals surface area contributed by atoms with E-state index in [2.05, 4.69) is 4.74 Å². The van der Waals surface area contributed by atoms with Crippen LogP contribution in [0.25, 0.3) is 0 Å². The third kappa shape index (κ3) is 7.59. The minimum absolute atomic E-state index is 0.0648. The third-order valence-electron chi connectivity index (χ3n) is 4.77. The molecule has 1 atom stereocenters. The van der Waals surface area contributed by atoms with E-state index in [4.69, 9.17) is 4.74 Å². The van der Waals surface area contributed by atoms with E-state index in [1.165, 1.54) is 0 Å². The number of alkyl halides is 2. The molecule has 0 aromatic heterocycles. The molecule has 162 valence electrons. The average molecular weight is 425 g/mol. The molecular formula is C25H25F2NO3. The van der Waals surface area contributed by atoms with Crippen LogP contribution in [0.3, 0.4) is 0 Å². The zero-order valence-corrected chi connectivity index (χ0v) is 17.1. The summed E-state index contributed by atoms with van der Waals surface area (Å²) >= 11 is 0. The van der Waals surface area contributed by atoms with Crippen LogP contribution in [0.5, 0.6) is 0 Å². The Morgan fingerprint density at radius 1 is 0.742 bits per heavy atom. The predicted octanol–water partition coefficient (Wildman–Crippen LogP) is 5.04. The van der Waals surface area contributed by atoms with Gasteiger partial charge in [0.05, 0.1) is 6.61 Å². The van der Waals surface area contributed by atoms with Crippen molar-refractivity contribution in [3.8, 4) is 0 Å². The monoisotopic (exact) mass is 425 g/mol. The van der Waals surface area contributed by atoms with Gasteiger partial charge in [0.15, 0.2) is 0 Å². The fourth-order valence-corrected chi connectivity index (χ4v) is 3.22. The molecule has 3 aromatic rings. The SMILES string of the molecule is O=C(OCc1ccccc1)C(COC(F)F)N(Cc1ccccc1)Cc1ccccc1. The summed E-state index contributed by atoms with van der Waals surface area (Å²) in [5, 5.41) is 0. The lowest BCUT2D eigenvalue weighted by molar-refractivity contribution is -0.168. The van der Waals surface area contributed by atoms with Crippen LogP contribution in [0.2, 0.25) is 0 Å². The molecule has 6 heteroatoms. The average Bonchev–Trinajstić information content (AvgIpc) is 2.79. The number of hydrogen-bond donors (Lipinski definition) is 0. The maximum Gasteiger partial charge on any atom is 0.345 e. The van der Waals surface area contributed by atoms with E-state index in [1.54, 1.807) is 4.90 Å². The van der Waals surface area contributed by atoms with Crippen LogP contribution in [-0.2, 0) is 34.0 Å². The van der Waals surface area contributed by atoms with Crippen molar-refractivity contribution in [1.29, 1.82) is 0 Å². The highest BCUT2D eigenvalue weighted by molar-refractivity contribution is 5.76. The number of ether oxygens (including phenoxy) is 2. The molecule has 0 saturated heterocycles. The first-order chi connectivity index (χ1) is 15.1. The molecule has 0 heterocycles. The van der Waals surface area contributed by atoms with Gasteiger partial charge in [-0.25, -0.2) is 0 Å². The molecule has 0 saturated carbocycles. The lowest BCUT2D eigenvalue weighted by atomic mass is 10.1. The van der Waals surface area contributed by atoms with Crippen molar-refractivity contribution in [3.05, 3.63) is 108 Å². The standard InChI is InChI=1S/C25H25F2NO3/c26-25(27)31-19-23(24(29)30-18-22-14-8-3-9-15-22)28(16-20-10-4-1-5-11-20)17-21-12-6-2-7-13-21/h1-15,23,25H,16-19H2. The number of nitrogens with zero attached hydrogens (tertiary/aromatic N) is 1. The molecule has 3 rings (SSSR count). The van der Waals surface area contributed by atoms with Crippen LogP contribution in [0.15, 0.2) is 91.0 Å². The number of rotatable bonds is 11. The van der Waals surface area contributed by atoms with Gasteiger partial charge in [-0.2, -0.15) is 8.78 Å². The Bertz CT molecular complexity index is 866. The summed E-state index contributed by atoms with van der Waals surface area (Å²) in [6.45, 7) is -2.61. The summed E-state index contributed by atoms with van der Waals surface area (Å²) in [5.74, 6) is -0.601. The fourth-order valence-electron chi connectivity index (χ4n) is 3.22. The summed E-state index contributed by atoms with van der Waals surface area (Å²) in [6.07, 6.45) is 0. The highest BCUT2D eigenvalue weighted by Crippen LogP contribution is 2.17. The molecule has 0 fully saturated rings. The van der Waals surface area contributed by atoms with Crippen molar-refractivity contribution in [1.82, 2.24) is 4.90 Å². The number of esters is 1. The van der Waals surface area contributed by atoms with Gasteiger partial charge in [-0.1, -0.05) is 91.0 Å². The molecule has 0 N–H and O–H groups in total. The minimum atomic E-state index is -2.97. The molecule has 0 radical (unpaired) electrons. The first-order valence-corrected chi connectivity index (χ1v) is 10.0. The van der Waals surface area contributed by atoms with Crippen LogP contribution in [0.4, 0.5) is 8.78 Å². The van der Waals surface area contributed by atoms with Gasteiger partial charge >= 0.3 is 12.6 Å². The van der Waals surface area contributed by atoms with Crippen molar-refractivity contribution in [2.24, 2.45) is 0 Å². The molecule has 0 aliphatic rings. The van der Waals surface area contributed by atoms with Crippen molar-refractivity contribution < 1.29 is 23.0 Å². The second kappa shape index (κ2) is 11.9. The number of carbonyl (C=O) groups excluding carboxylic acids is 1. The predicted molar refractivity (Wildman–Crippen MR) is 114 cm³/mol. The van der Waals surface area contributed by atoms with Crippen molar-refractivity contribution in [2.45, 2.75) is 32.3 Å². The van der Waals surface area contributed by atoms with Crippen LogP contribution >= 0.6 is 0 Å². The summed E-state index contributed by atoms with van der Waals surface area (Å²) < 4.78 is 35.7. The lowest BCUT2D eigenvalue weighted by Gasteiger charge is -2.30. The highest BCUT2D eigenvalue weighted by atomic mass is 19.3. The molecule has 4 nitrogen and oxygen atoms in total. The van der Waals surface area contributed by atoms with Gasteiger partial charge in [0.1, 0.15) is 12.6 Å². The van der Waals surface area contributed by atoms with Gasteiger partial charge in [0.25, 0.3) is 0 Å². The zero-order chi connectivity index (χ0) is 21.9. The van der Waals surface area contributed by atoms with Gasteiger partial charge in [0, 0.05) is 13.1 Å². The maximum absolute atomic E-state index is 13.0. The third-order valence-corrected chi connectivity index (χ3v) is 4.77. The van der Waals surface area contributed by atoms with Crippen LogP contribution < -0.4 is 0 Å². The van der Waals surface area contributed by atoms with Crippen LogP contribution in [0, 0.1) is 0 Å². The second-order valence-corrected chi connectivity index (χ2v) is 7.08. The smallest absolute Gasteiger partial charge is 0.345 e. The normalized spacial score (nSPS) is 12.1. The Labute approximate surface area is 181 Å². The van der Waals surface area contributed by atoms with E-state index in [0.717, 1.165) is 16.7 Å². The number of halogens is 2. The Balaban J connectivity index is 1.80. The minimum Gasteiger partial charge on any atom is -0.460 e. The summed E-state index contributed by atoms with van der Waals surface area (Å²) in [6, 6.07) is 27.3. The van der Waals surface area contributed by atoms with Crippen molar-refractivity contribution in [3.63, 3.8) is 0 Å². The highest BCUT2D eigenvalue weighted by Gasteiger charge is 2.29. The first-order valence-electron chi connectivity index (χ1n) is 10.0. The van der Waals surface area contributed by atoms with E-state index in [0.29, 0.717) is 13.1 Å².